The Morgan fingerprint density at radius 1 is 1.25 bits per heavy atom. The molecule has 0 spiro atoms. The summed E-state index contributed by atoms with van der Waals surface area (Å²) in [4.78, 5) is 18.1. The molecule has 1 N–H and O–H groups in total. The largest absolute Gasteiger partial charge is 0.357 e. The van der Waals surface area contributed by atoms with Gasteiger partial charge in [-0.3, -0.25) is 4.99 Å². The first kappa shape index (κ1) is 18.8. The minimum atomic E-state index is 0.427. The molecule has 0 aliphatic carbocycles. The summed E-state index contributed by atoms with van der Waals surface area (Å²) in [6.45, 7) is 7.29. The molecule has 0 amide bonds. The Hall–Kier alpha value is -2.57. The first-order valence-electron chi connectivity index (χ1n) is 10.4. The zero-order valence-corrected chi connectivity index (χ0v) is 17.0. The number of imidazole rings is 1. The predicted molar refractivity (Wildman–Crippen MR) is 113 cm³/mol. The number of hydrogen-bond acceptors (Lipinski definition) is 4. The minimum absolute atomic E-state index is 0.427. The molecule has 0 aromatic carbocycles. The van der Waals surface area contributed by atoms with Crippen molar-refractivity contribution < 1.29 is 0 Å². The quantitative estimate of drug-likeness (QED) is 0.651. The number of guanidine groups is 1. The van der Waals surface area contributed by atoms with Crippen molar-refractivity contribution in [3.63, 3.8) is 0 Å². The van der Waals surface area contributed by atoms with Gasteiger partial charge in [-0.25, -0.2) is 9.97 Å². The van der Waals surface area contributed by atoms with Gasteiger partial charge >= 0.3 is 0 Å². The molecule has 2 fully saturated rings. The number of pyridine rings is 1. The van der Waals surface area contributed by atoms with Crippen LogP contribution in [0, 0.1) is 5.92 Å². The molecule has 2 aliphatic rings. The van der Waals surface area contributed by atoms with Crippen molar-refractivity contribution in [3.05, 3.63) is 42.6 Å². The zero-order valence-electron chi connectivity index (χ0n) is 17.0. The molecule has 4 heterocycles. The van der Waals surface area contributed by atoms with Crippen molar-refractivity contribution in [3.8, 4) is 0 Å². The summed E-state index contributed by atoms with van der Waals surface area (Å²) in [7, 11) is 1.86. The van der Waals surface area contributed by atoms with Crippen LogP contribution in [0.1, 0.15) is 37.8 Å². The second-order valence-corrected chi connectivity index (χ2v) is 7.91. The number of hydrogen-bond donors (Lipinski definition) is 1. The van der Waals surface area contributed by atoms with Gasteiger partial charge in [-0.1, -0.05) is 13.0 Å². The predicted octanol–water partition coefficient (Wildman–Crippen LogP) is 2.54. The van der Waals surface area contributed by atoms with Gasteiger partial charge in [-0.05, 0) is 36.8 Å². The summed E-state index contributed by atoms with van der Waals surface area (Å²) in [5.74, 6) is 2.69. The third-order valence-electron chi connectivity index (χ3n) is 6.03. The average Bonchev–Trinajstić information content (AvgIpc) is 3.44. The van der Waals surface area contributed by atoms with E-state index in [1.54, 1.807) is 0 Å². The lowest BCUT2D eigenvalue weighted by Gasteiger charge is -2.39. The Morgan fingerprint density at radius 3 is 2.79 bits per heavy atom. The van der Waals surface area contributed by atoms with Crippen molar-refractivity contribution in [2.24, 2.45) is 10.9 Å². The molecule has 2 atom stereocenters. The van der Waals surface area contributed by atoms with Crippen LogP contribution < -0.4 is 10.2 Å². The summed E-state index contributed by atoms with van der Waals surface area (Å²) in [6.07, 6.45) is 11.5. The summed E-state index contributed by atoms with van der Waals surface area (Å²) in [5, 5.41) is 3.52. The SMILES string of the molecule is CN=C(NCc1ccc(N2CCCC2)nc1)N1CCC(C)C(n2ccnc2)C1. The standard InChI is InChI=1S/C21H31N7/c1-17-7-11-27(15-19(17)28-12-8-23-16-28)21(22-2)25-14-18-5-6-20(24-13-18)26-9-3-4-10-26/h5-6,8,12-13,16-17,19H,3-4,7,9-11,14-15H2,1-2H3,(H,22,25). The fraction of sp³-hybridized carbons (Fsp3) is 0.571. The van der Waals surface area contributed by atoms with E-state index < -0.39 is 0 Å². The molecule has 0 saturated carbocycles. The van der Waals surface area contributed by atoms with E-state index in [1.807, 2.05) is 25.8 Å². The van der Waals surface area contributed by atoms with Crippen LogP contribution in [0.4, 0.5) is 5.82 Å². The molecule has 150 valence electrons. The summed E-state index contributed by atoms with van der Waals surface area (Å²) >= 11 is 0. The van der Waals surface area contributed by atoms with Crippen LogP contribution in [0.3, 0.4) is 0 Å². The highest BCUT2D eigenvalue weighted by Crippen LogP contribution is 2.27. The van der Waals surface area contributed by atoms with Crippen LogP contribution in [0.15, 0.2) is 42.0 Å². The smallest absolute Gasteiger partial charge is 0.193 e. The van der Waals surface area contributed by atoms with Gasteiger partial charge in [0.15, 0.2) is 5.96 Å². The highest BCUT2D eigenvalue weighted by atomic mass is 15.3. The van der Waals surface area contributed by atoms with Crippen LogP contribution in [0.2, 0.25) is 0 Å². The molecule has 7 heteroatoms. The first-order chi connectivity index (χ1) is 13.7. The molecular formula is C21H31N7. The summed E-state index contributed by atoms with van der Waals surface area (Å²) in [5.41, 5.74) is 1.18. The van der Waals surface area contributed by atoms with E-state index in [-0.39, 0.29) is 0 Å². The molecule has 7 nitrogen and oxygen atoms in total. The van der Waals surface area contributed by atoms with Gasteiger partial charge in [0.1, 0.15) is 5.82 Å². The van der Waals surface area contributed by atoms with Gasteiger partial charge in [-0.15, -0.1) is 0 Å². The molecule has 2 aromatic rings. The Bertz CT molecular complexity index is 763. The second-order valence-electron chi connectivity index (χ2n) is 7.91. The minimum Gasteiger partial charge on any atom is -0.357 e. The highest BCUT2D eigenvalue weighted by molar-refractivity contribution is 5.80. The first-order valence-corrected chi connectivity index (χ1v) is 10.4. The monoisotopic (exact) mass is 381 g/mol. The topological polar surface area (TPSA) is 61.6 Å². The number of nitrogens with zero attached hydrogens (tertiary/aromatic N) is 6. The molecular weight excluding hydrogens is 350 g/mol. The lowest BCUT2D eigenvalue weighted by Crippen LogP contribution is -2.48. The average molecular weight is 382 g/mol. The molecule has 2 saturated heterocycles. The van der Waals surface area contributed by atoms with Gasteiger partial charge in [0.05, 0.1) is 12.4 Å². The maximum atomic E-state index is 4.65. The zero-order chi connectivity index (χ0) is 19.3. The van der Waals surface area contributed by atoms with Crippen molar-refractivity contribution in [1.29, 1.82) is 0 Å². The van der Waals surface area contributed by atoms with E-state index in [0.29, 0.717) is 12.0 Å². The van der Waals surface area contributed by atoms with Crippen LogP contribution in [0.25, 0.3) is 0 Å². The number of likely N-dealkylation sites (tertiary alicyclic amines) is 1. The Labute approximate surface area is 167 Å². The van der Waals surface area contributed by atoms with Crippen LogP contribution in [-0.4, -0.2) is 58.6 Å². The molecule has 2 aromatic heterocycles. The molecule has 4 rings (SSSR count). The van der Waals surface area contributed by atoms with E-state index in [4.69, 9.17) is 0 Å². The maximum Gasteiger partial charge on any atom is 0.193 e. The van der Waals surface area contributed by atoms with Crippen LogP contribution >= 0.6 is 0 Å². The second kappa shape index (κ2) is 8.63. The van der Waals surface area contributed by atoms with E-state index in [1.165, 1.54) is 18.4 Å². The number of anilines is 1. The number of aliphatic imine (C=N–C) groups is 1. The molecule has 0 radical (unpaired) electrons. The summed E-state index contributed by atoms with van der Waals surface area (Å²) < 4.78 is 2.23. The van der Waals surface area contributed by atoms with E-state index in [2.05, 4.69) is 59.9 Å². The van der Waals surface area contributed by atoms with E-state index in [9.17, 15) is 0 Å². The van der Waals surface area contributed by atoms with Crippen molar-refractivity contribution in [2.75, 3.05) is 38.1 Å². The lowest BCUT2D eigenvalue weighted by atomic mass is 9.93. The van der Waals surface area contributed by atoms with E-state index in [0.717, 1.165) is 50.9 Å². The Balaban J connectivity index is 1.35. The van der Waals surface area contributed by atoms with E-state index >= 15 is 0 Å². The van der Waals surface area contributed by atoms with Gasteiger partial charge in [-0.2, -0.15) is 0 Å². The fourth-order valence-electron chi connectivity index (χ4n) is 4.26. The molecule has 0 bridgehead atoms. The highest BCUT2D eigenvalue weighted by Gasteiger charge is 2.28. The molecule has 2 unspecified atom stereocenters. The Morgan fingerprint density at radius 2 is 2.11 bits per heavy atom. The number of nitrogens with one attached hydrogen (secondary N) is 1. The van der Waals surface area contributed by atoms with Gasteiger partial charge < -0.3 is 19.7 Å². The summed E-state index contributed by atoms with van der Waals surface area (Å²) in [6, 6.07) is 4.74. The van der Waals surface area contributed by atoms with Crippen LogP contribution in [-0.2, 0) is 6.54 Å². The van der Waals surface area contributed by atoms with Crippen molar-refractivity contribution in [2.45, 2.75) is 38.8 Å². The third kappa shape index (κ3) is 4.13. The van der Waals surface area contributed by atoms with Crippen molar-refractivity contribution in [1.82, 2.24) is 24.8 Å². The number of aromatic nitrogens is 3. The number of piperidine rings is 1. The van der Waals surface area contributed by atoms with Crippen LogP contribution in [0.5, 0.6) is 0 Å². The van der Waals surface area contributed by atoms with Gasteiger partial charge in [0, 0.05) is 58.4 Å². The van der Waals surface area contributed by atoms with Gasteiger partial charge in [0.2, 0.25) is 0 Å². The Kier molecular flexibility index (Phi) is 5.78. The fourth-order valence-corrected chi connectivity index (χ4v) is 4.26. The normalized spacial score (nSPS) is 23.3. The van der Waals surface area contributed by atoms with Crippen molar-refractivity contribution >= 4 is 11.8 Å². The number of rotatable bonds is 4. The van der Waals surface area contributed by atoms with Gasteiger partial charge in [0.25, 0.3) is 0 Å². The maximum absolute atomic E-state index is 4.65. The molecule has 2 aliphatic heterocycles. The third-order valence-corrected chi connectivity index (χ3v) is 6.03. The molecule has 28 heavy (non-hydrogen) atoms. The lowest BCUT2D eigenvalue weighted by molar-refractivity contribution is 0.189.